The van der Waals surface area contributed by atoms with Crippen LogP contribution in [0.5, 0.6) is 0 Å². The Bertz CT molecular complexity index is 574. The smallest absolute Gasteiger partial charge is 0.384 e. The van der Waals surface area contributed by atoms with Gasteiger partial charge in [0.25, 0.3) is 0 Å². The fourth-order valence-corrected chi connectivity index (χ4v) is 1.46. The predicted molar refractivity (Wildman–Crippen MR) is 57.4 cm³/mol. The number of aromatic nitrogens is 3. The van der Waals surface area contributed by atoms with Gasteiger partial charge >= 0.3 is 6.18 Å². The van der Waals surface area contributed by atoms with Crippen LogP contribution < -0.4 is 5.73 Å². The molecular formula is C10H8F3N5. The fraction of sp³-hybridized carbons (Fsp3) is 0.100. The third-order valence-corrected chi connectivity index (χ3v) is 2.28. The summed E-state index contributed by atoms with van der Waals surface area (Å²) in [6.45, 7) is 0. The molecule has 0 spiro atoms. The quantitative estimate of drug-likeness (QED) is 0.631. The van der Waals surface area contributed by atoms with Crippen molar-refractivity contribution in [1.29, 1.82) is 5.41 Å². The summed E-state index contributed by atoms with van der Waals surface area (Å²) in [6.07, 6.45) is -1.93. The number of nitrogens with two attached hydrogens (primary N) is 1. The molecule has 1 heterocycles. The summed E-state index contributed by atoms with van der Waals surface area (Å²) in [4.78, 5) is 3.69. The Labute approximate surface area is 99.6 Å². The Morgan fingerprint density at radius 2 is 2.06 bits per heavy atom. The molecule has 94 valence electrons. The lowest BCUT2D eigenvalue weighted by molar-refractivity contribution is -0.137. The number of hydrogen-bond acceptors (Lipinski definition) is 3. The second-order valence-corrected chi connectivity index (χ2v) is 3.48. The molecule has 0 aliphatic carbocycles. The van der Waals surface area contributed by atoms with Crippen LogP contribution in [0.2, 0.25) is 0 Å². The van der Waals surface area contributed by atoms with Crippen LogP contribution in [-0.4, -0.2) is 20.6 Å². The van der Waals surface area contributed by atoms with Gasteiger partial charge in [0.2, 0.25) is 0 Å². The zero-order valence-electron chi connectivity index (χ0n) is 8.94. The van der Waals surface area contributed by atoms with Gasteiger partial charge in [-0.3, -0.25) is 5.41 Å². The normalized spacial score (nSPS) is 11.5. The Morgan fingerprint density at radius 1 is 1.33 bits per heavy atom. The lowest BCUT2D eigenvalue weighted by Crippen LogP contribution is -2.17. The average Bonchev–Trinajstić information content (AvgIpc) is 2.80. The van der Waals surface area contributed by atoms with Gasteiger partial charge in [0.1, 0.15) is 18.5 Å². The fourth-order valence-electron chi connectivity index (χ4n) is 1.46. The van der Waals surface area contributed by atoms with Crippen molar-refractivity contribution in [2.45, 2.75) is 6.18 Å². The number of rotatable bonds is 2. The third-order valence-electron chi connectivity index (χ3n) is 2.28. The van der Waals surface area contributed by atoms with Gasteiger partial charge in [-0.1, -0.05) is 0 Å². The summed E-state index contributed by atoms with van der Waals surface area (Å²) in [6, 6.07) is 2.93. The summed E-state index contributed by atoms with van der Waals surface area (Å²) >= 11 is 0. The van der Waals surface area contributed by atoms with Crippen molar-refractivity contribution in [3.8, 4) is 5.69 Å². The van der Waals surface area contributed by atoms with E-state index in [0.29, 0.717) is 0 Å². The van der Waals surface area contributed by atoms with Crippen LogP contribution in [0, 0.1) is 5.41 Å². The maximum Gasteiger partial charge on any atom is 0.416 e. The molecule has 0 aliphatic heterocycles. The molecule has 1 aromatic carbocycles. The first-order valence-electron chi connectivity index (χ1n) is 4.80. The number of nitrogens with one attached hydrogen (secondary N) is 1. The zero-order chi connectivity index (χ0) is 13.3. The van der Waals surface area contributed by atoms with Crippen molar-refractivity contribution in [2.75, 3.05) is 0 Å². The van der Waals surface area contributed by atoms with Crippen LogP contribution in [0.25, 0.3) is 5.69 Å². The van der Waals surface area contributed by atoms with Crippen LogP contribution in [0.4, 0.5) is 13.2 Å². The van der Waals surface area contributed by atoms with E-state index in [9.17, 15) is 13.2 Å². The number of nitrogen functional groups attached to an aromatic ring is 1. The van der Waals surface area contributed by atoms with Crippen LogP contribution in [0.3, 0.4) is 0 Å². The first kappa shape index (κ1) is 12.1. The van der Waals surface area contributed by atoms with E-state index >= 15 is 0 Å². The van der Waals surface area contributed by atoms with Gasteiger partial charge in [-0.05, 0) is 18.2 Å². The van der Waals surface area contributed by atoms with Gasteiger partial charge in [0, 0.05) is 5.56 Å². The van der Waals surface area contributed by atoms with E-state index < -0.39 is 17.6 Å². The van der Waals surface area contributed by atoms with Crippen LogP contribution in [0.1, 0.15) is 11.1 Å². The van der Waals surface area contributed by atoms with Gasteiger partial charge in [-0.25, -0.2) is 9.67 Å². The molecule has 2 aromatic rings. The standard InChI is InChI=1S/C10H8F3N5/c11-10(12,13)6-1-2-8(7(3-6)9(14)15)18-5-16-4-17-18/h1-5H,(H3,14,15). The van der Waals surface area contributed by atoms with Crippen molar-refractivity contribution in [1.82, 2.24) is 14.8 Å². The zero-order valence-corrected chi connectivity index (χ0v) is 8.94. The molecule has 0 amide bonds. The molecule has 0 radical (unpaired) electrons. The summed E-state index contributed by atoms with van der Waals surface area (Å²) in [7, 11) is 0. The van der Waals surface area contributed by atoms with Crippen molar-refractivity contribution in [3.05, 3.63) is 42.0 Å². The number of nitrogens with zero attached hydrogens (tertiary/aromatic N) is 3. The average molecular weight is 255 g/mol. The maximum absolute atomic E-state index is 12.6. The maximum atomic E-state index is 12.6. The highest BCUT2D eigenvalue weighted by atomic mass is 19.4. The largest absolute Gasteiger partial charge is 0.416 e. The van der Waals surface area contributed by atoms with Crippen molar-refractivity contribution >= 4 is 5.84 Å². The van der Waals surface area contributed by atoms with Crippen molar-refractivity contribution < 1.29 is 13.2 Å². The van der Waals surface area contributed by atoms with E-state index in [1.807, 2.05) is 0 Å². The topological polar surface area (TPSA) is 80.6 Å². The molecule has 3 N–H and O–H groups in total. The summed E-state index contributed by atoms with van der Waals surface area (Å²) in [5.41, 5.74) is 4.65. The molecule has 0 saturated heterocycles. The number of alkyl halides is 3. The molecule has 0 fully saturated rings. The van der Waals surface area contributed by atoms with Crippen LogP contribution in [-0.2, 0) is 6.18 Å². The van der Waals surface area contributed by atoms with Gasteiger partial charge < -0.3 is 5.73 Å². The predicted octanol–water partition coefficient (Wildman–Crippen LogP) is 1.57. The minimum absolute atomic E-state index is 0.0460. The molecule has 0 aliphatic rings. The molecule has 5 nitrogen and oxygen atoms in total. The summed E-state index contributed by atoms with van der Waals surface area (Å²) in [5, 5.41) is 11.1. The lowest BCUT2D eigenvalue weighted by Gasteiger charge is -2.12. The second-order valence-electron chi connectivity index (χ2n) is 3.48. The molecule has 1 aromatic heterocycles. The minimum Gasteiger partial charge on any atom is -0.384 e. The highest BCUT2D eigenvalue weighted by molar-refractivity contribution is 5.98. The van der Waals surface area contributed by atoms with Crippen molar-refractivity contribution in [2.24, 2.45) is 5.73 Å². The third kappa shape index (κ3) is 2.17. The first-order chi connectivity index (χ1) is 8.39. The van der Waals surface area contributed by atoms with Crippen LogP contribution >= 0.6 is 0 Å². The van der Waals surface area contributed by atoms with E-state index in [1.165, 1.54) is 23.4 Å². The monoisotopic (exact) mass is 255 g/mol. The second kappa shape index (κ2) is 4.13. The van der Waals surface area contributed by atoms with Gasteiger partial charge in [0.15, 0.2) is 0 Å². The van der Waals surface area contributed by atoms with E-state index in [-0.39, 0.29) is 11.3 Å². The molecule has 0 saturated carbocycles. The van der Waals surface area contributed by atoms with Gasteiger partial charge in [0.05, 0.1) is 11.3 Å². The number of halogens is 3. The SMILES string of the molecule is N=C(N)c1cc(C(F)(F)F)ccc1-n1cncn1. The highest BCUT2D eigenvalue weighted by Gasteiger charge is 2.31. The van der Waals surface area contributed by atoms with E-state index in [4.69, 9.17) is 11.1 Å². The van der Waals surface area contributed by atoms with Gasteiger partial charge in [-0.2, -0.15) is 18.3 Å². The van der Waals surface area contributed by atoms with E-state index in [2.05, 4.69) is 10.1 Å². The molecule has 2 rings (SSSR count). The Morgan fingerprint density at radius 3 is 2.56 bits per heavy atom. The lowest BCUT2D eigenvalue weighted by atomic mass is 10.1. The number of benzene rings is 1. The first-order valence-corrected chi connectivity index (χ1v) is 4.80. The molecule has 0 bridgehead atoms. The number of hydrogen-bond donors (Lipinski definition) is 2. The molecule has 0 unspecified atom stereocenters. The van der Waals surface area contributed by atoms with E-state index in [1.54, 1.807) is 0 Å². The molecule has 0 atom stereocenters. The van der Waals surface area contributed by atoms with E-state index in [0.717, 1.165) is 12.1 Å². The minimum atomic E-state index is -4.48. The molecule has 18 heavy (non-hydrogen) atoms. The molecule has 8 heteroatoms. The summed E-state index contributed by atoms with van der Waals surface area (Å²) in [5.74, 6) is -0.466. The Balaban J connectivity index is 2.59. The highest BCUT2D eigenvalue weighted by Crippen LogP contribution is 2.31. The molecular weight excluding hydrogens is 247 g/mol. The Hall–Kier alpha value is -2.38. The van der Waals surface area contributed by atoms with Crippen molar-refractivity contribution in [3.63, 3.8) is 0 Å². The Kier molecular flexibility index (Phi) is 2.77. The van der Waals surface area contributed by atoms with Gasteiger partial charge in [-0.15, -0.1) is 0 Å². The number of amidine groups is 1. The van der Waals surface area contributed by atoms with Crippen LogP contribution in [0.15, 0.2) is 30.9 Å². The summed E-state index contributed by atoms with van der Waals surface area (Å²) < 4.78 is 38.9.